The van der Waals surface area contributed by atoms with Gasteiger partial charge in [0.2, 0.25) is 0 Å². The van der Waals surface area contributed by atoms with Crippen LogP contribution < -0.4 is 11.3 Å². The first-order valence-corrected chi connectivity index (χ1v) is 3.25. The largest absolute Gasteiger partial charge is 0.348 e. The van der Waals surface area contributed by atoms with Gasteiger partial charge in [-0.15, -0.1) is 0 Å². The van der Waals surface area contributed by atoms with Crippen LogP contribution >= 0.6 is 0 Å². The predicted molar refractivity (Wildman–Crippen MR) is 39.5 cm³/mol. The van der Waals surface area contributed by atoms with Gasteiger partial charge < -0.3 is 9.78 Å². The highest BCUT2D eigenvalue weighted by Gasteiger charge is 2.05. The minimum atomic E-state index is -0.338. The average molecular weight is 154 g/mol. The number of carbonyl (C=O) groups excluding carboxylic acids is 1. The maximum absolute atomic E-state index is 10.3. The third-order valence-corrected chi connectivity index (χ3v) is 1.37. The molecule has 0 amide bonds. The minimum absolute atomic E-state index is 0.338. The topological polar surface area (TPSA) is 83.8 Å². The molecule has 1 heterocycles. The van der Waals surface area contributed by atoms with Gasteiger partial charge in [-0.25, -0.2) is 10.4 Å². The minimum Gasteiger partial charge on any atom is -0.348 e. The second-order valence-corrected chi connectivity index (χ2v) is 2.19. The Bertz CT molecular complexity index is 208. The number of nitrogens with zero attached hydrogens (tertiary/aromatic N) is 1. The van der Waals surface area contributed by atoms with E-state index in [4.69, 9.17) is 5.84 Å². The monoisotopic (exact) mass is 154 g/mol. The van der Waals surface area contributed by atoms with Gasteiger partial charge in [-0.3, -0.25) is 5.84 Å². The first kappa shape index (κ1) is 7.90. The van der Waals surface area contributed by atoms with Crippen molar-refractivity contribution in [2.24, 2.45) is 5.84 Å². The molecule has 1 aromatic heterocycles. The van der Waals surface area contributed by atoms with Crippen molar-refractivity contribution in [3.63, 3.8) is 0 Å². The van der Waals surface area contributed by atoms with E-state index in [0.29, 0.717) is 6.42 Å². The molecule has 0 spiro atoms. The van der Waals surface area contributed by atoms with Crippen LogP contribution in [0.2, 0.25) is 0 Å². The van der Waals surface area contributed by atoms with Crippen LogP contribution in [0.15, 0.2) is 12.5 Å². The second-order valence-electron chi connectivity index (χ2n) is 2.19. The highest BCUT2D eigenvalue weighted by molar-refractivity contribution is 5.57. The zero-order chi connectivity index (χ0) is 8.10. The summed E-state index contributed by atoms with van der Waals surface area (Å²) in [7, 11) is 0. The van der Waals surface area contributed by atoms with Gasteiger partial charge in [0.05, 0.1) is 12.4 Å². The molecule has 0 saturated carbocycles. The van der Waals surface area contributed by atoms with Gasteiger partial charge in [0.15, 0.2) is 0 Å². The molecule has 0 fully saturated rings. The Labute approximate surface area is 64.0 Å². The Morgan fingerprint density at radius 2 is 2.73 bits per heavy atom. The second kappa shape index (κ2) is 3.85. The molecule has 0 bridgehead atoms. The molecule has 0 saturated heterocycles. The van der Waals surface area contributed by atoms with Gasteiger partial charge >= 0.3 is 0 Å². The van der Waals surface area contributed by atoms with Gasteiger partial charge in [0.1, 0.15) is 6.29 Å². The lowest BCUT2D eigenvalue weighted by Gasteiger charge is -2.04. The van der Waals surface area contributed by atoms with E-state index < -0.39 is 0 Å². The number of aromatic nitrogens is 2. The summed E-state index contributed by atoms with van der Waals surface area (Å²) in [5.41, 5.74) is 3.26. The highest BCUT2D eigenvalue weighted by atomic mass is 16.1. The lowest BCUT2D eigenvalue weighted by Crippen LogP contribution is -2.37. The summed E-state index contributed by atoms with van der Waals surface area (Å²) in [5.74, 6) is 5.08. The number of carbonyl (C=O) groups is 1. The smallest absolute Gasteiger partial charge is 0.138 e. The van der Waals surface area contributed by atoms with Gasteiger partial charge in [-0.1, -0.05) is 0 Å². The molecule has 11 heavy (non-hydrogen) atoms. The van der Waals surface area contributed by atoms with Gasteiger partial charge in [0, 0.05) is 18.3 Å². The van der Waals surface area contributed by atoms with E-state index in [1.165, 1.54) is 0 Å². The van der Waals surface area contributed by atoms with Crippen molar-refractivity contribution in [1.29, 1.82) is 0 Å². The molecule has 1 aromatic rings. The number of H-pyrrole nitrogens is 1. The Kier molecular flexibility index (Phi) is 2.76. The first-order valence-electron chi connectivity index (χ1n) is 3.25. The van der Waals surface area contributed by atoms with Crippen molar-refractivity contribution in [2.75, 3.05) is 0 Å². The summed E-state index contributed by atoms with van der Waals surface area (Å²) in [4.78, 5) is 17.0. The Morgan fingerprint density at radius 3 is 3.18 bits per heavy atom. The fourth-order valence-corrected chi connectivity index (χ4v) is 0.780. The van der Waals surface area contributed by atoms with Crippen LogP contribution in [-0.4, -0.2) is 22.3 Å². The fourth-order valence-electron chi connectivity index (χ4n) is 0.780. The molecular formula is C6H10N4O. The summed E-state index contributed by atoms with van der Waals surface area (Å²) in [5, 5.41) is 0. The van der Waals surface area contributed by atoms with E-state index in [9.17, 15) is 4.79 Å². The molecule has 0 radical (unpaired) electrons. The quantitative estimate of drug-likeness (QED) is 0.294. The highest BCUT2D eigenvalue weighted by Crippen LogP contribution is 1.94. The van der Waals surface area contributed by atoms with Crippen molar-refractivity contribution in [3.05, 3.63) is 18.2 Å². The van der Waals surface area contributed by atoms with E-state index in [1.807, 2.05) is 0 Å². The fraction of sp³-hybridized carbons (Fsp3) is 0.333. The lowest BCUT2D eigenvalue weighted by molar-refractivity contribution is -0.109. The first-order chi connectivity index (χ1) is 5.36. The molecule has 60 valence electrons. The maximum Gasteiger partial charge on any atom is 0.138 e. The van der Waals surface area contributed by atoms with E-state index >= 15 is 0 Å². The number of hydrazine groups is 1. The number of hydrogen-bond acceptors (Lipinski definition) is 4. The Hall–Kier alpha value is -1.20. The predicted octanol–water partition coefficient (Wildman–Crippen LogP) is -1.02. The maximum atomic E-state index is 10.3. The zero-order valence-electron chi connectivity index (χ0n) is 5.95. The van der Waals surface area contributed by atoms with Crippen LogP contribution in [-0.2, 0) is 11.2 Å². The van der Waals surface area contributed by atoms with Crippen LogP contribution in [0.3, 0.4) is 0 Å². The molecule has 0 aliphatic carbocycles. The average Bonchev–Trinajstić information content (AvgIpc) is 2.52. The number of hydrogen-bond donors (Lipinski definition) is 3. The van der Waals surface area contributed by atoms with Crippen LogP contribution in [0.25, 0.3) is 0 Å². The summed E-state index contributed by atoms with van der Waals surface area (Å²) in [6.45, 7) is 0. The summed E-state index contributed by atoms with van der Waals surface area (Å²) in [6.07, 6.45) is 4.53. The van der Waals surface area contributed by atoms with Crippen LogP contribution in [0.4, 0.5) is 0 Å². The normalized spacial score (nSPS) is 12.8. The molecule has 5 nitrogen and oxygen atoms in total. The third kappa shape index (κ3) is 2.14. The molecule has 1 atom stereocenters. The van der Waals surface area contributed by atoms with Crippen molar-refractivity contribution in [2.45, 2.75) is 12.5 Å². The summed E-state index contributed by atoms with van der Waals surface area (Å²) in [6, 6.07) is -0.338. The number of aldehydes is 1. The standard InChI is InChI=1S/C6H10N4O/c7-10-6(3-11)1-5-2-8-4-9-5/h2-4,6,10H,1,7H2,(H,8,9)/t6-/m0/s1. The number of nitrogens with two attached hydrogens (primary N) is 1. The van der Waals surface area contributed by atoms with Gasteiger partial charge in [-0.05, 0) is 0 Å². The molecule has 0 aliphatic rings. The van der Waals surface area contributed by atoms with Crippen molar-refractivity contribution < 1.29 is 4.79 Å². The number of aromatic amines is 1. The molecular weight excluding hydrogens is 144 g/mol. The van der Waals surface area contributed by atoms with Crippen LogP contribution in [0, 0.1) is 0 Å². The van der Waals surface area contributed by atoms with Crippen molar-refractivity contribution in [3.8, 4) is 0 Å². The van der Waals surface area contributed by atoms with E-state index in [0.717, 1.165) is 12.0 Å². The Morgan fingerprint density at radius 1 is 1.91 bits per heavy atom. The van der Waals surface area contributed by atoms with Crippen molar-refractivity contribution in [1.82, 2.24) is 15.4 Å². The van der Waals surface area contributed by atoms with Gasteiger partial charge in [0.25, 0.3) is 0 Å². The van der Waals surface area contributed by atoms with E-state index in [-0.39, 0.29) is 6.04 Å². The Balaban J connectivity index is 2.47. The SMILES string of the molecule is NN[C@H](C=O)Cc1cnc[nH]1. The number of rotatable bonds is 4. The molecule has 0 unspecified atom stereocenters. The molecule has 5 heteroatoms. The molecule has 1 rings (SSSR count). The zero-order valence-corrected chi connectivity index (χ0v) is 5.95. The summed E-state index contributed by atoms with van der Waals surface area (Å²) >= 11 is 0. The van der Waals surface area contributed by atoms with Crippen LogP contribution in [0.1, 0.15) is 5.69 Å². The van der Waals surface area contributed by atoms with E-state index in [2.05, 4.69) is 15.4 Å². The van der Waals surface area contributed by atoms with Crippen molar-refractivity contribution >= 4 is 6.29 Å². The summed E-state index contributed by atoms with van der Waals surface area (Å²) < 4.78 is 0. The number of imidazole rings is 1. The lowest BCUT2D eigenvalue weighted by atomic mass is 10.2. The third-order valence-electron chi connectivity index (χ3n) is 1.37. The molecule has 0 aromatic carbocycles. The molecule has 0 aliphatic heterocycles. The van der Waals surface area contributed by atoms with E-state index in [1.54, 1.807) is 12.5 Å². The van der Waals surface area contributed by atoms with Gasteiger partial charge in [-0.2, -0.15) is 0 Å². The number of nitrogens with one attached hydrogen (secondary N) is 2. The van der Waals surface area contributed by atoms with Crippen LogP contribution in [0.5, 0.6) is 0 Å². The molecule has 4 N–H and O–H groups in total.